The molecule has 3 N–H and O–H groups in total. The Labute approximate surface area is 167 Å². The van der Waals surface area contributed by atoms with Crippen LogP contribution in [0.25, 0.3) is 0 Å². The van der Waals surface area contributed by atoms with Gasteiger partial charge in [0.15, 0.2) is 0 Å². The zero-order valence-electron chi connectivity index (χ0n) is 14.6. The standard InChI is InChI=1S/C19H20Cl2N4O2/c20-16-6-3-14(11-17(16)21)23-18(26)12-24-7-9-25(10-8-24)15-4-1-13(2-5-15)19(22)27/h1-6,11H,7-10,12H2,(H2,22,27)(H,23,26). The van der Waals surface area contributed by atoms with Crippen LogP contribution in [0.5, 0.6) is 0 Å². The van der Waals surface area contributed by atoms with Gasteiger partial charge in [0.2, 0.25) is 11.8 Å². The highest BCUT2D eigenvalue weighted by atomic mass is 35.5. The van der Waals surface area contributed by atoms with Crippen molar-refractivity contribution in [3.63, 3.8) is 0 Å². The third-order valence-electron chi connectivity index (χ3n) is 4.46. The molecule has 1 saturated heterocycles. The molecule has 0 aliphatic carbocycles. The van der Waals surface area contributed by atoms with Crippen molar-refractivity contribution >= 4 is 46.4 Å². The number of nitrogens with zero attached hydrogens (tertiary/aromatic N) is 2. The van der Waals surface area contributed by atoms with Gasteiger partial charge in [-0.3, -0.25) is 14.5 Å². The van der Waals surface area contributed by atoms with Crippen LogP contribution in [0, 0.1) is 0 Å². The summed E-state index contributed by atoms with van der Waals surface area (Å²) in [4.78, 5) is 27.7. The maximum atomic E-state index is 12.2. The van der Waals surface area contributed by atoms with Crippen molar-refractivity contribution in [2.24, 2.45) is 5.73 Å². The molecule has 0 saturated carbocycles. The highest BCUT2D eigenvalue weighted by molar-refractivity contribution is 6.42. The molecule has 27 heavy (non-hydrogen) atoms. The van der Waals surface area contributed by atoms with Gasteiger partial charge >= 0.3 is 0 Å². The van der Waals surface area contributed by atoms with E-state index in [0.29, 0.717) is 27.8 Å². The summed E-state index contributed by atoms with van der Waals surface area (Å²) in [5.74, 6) is -0.521. The number of carbonyl (C=O) groups is 2. The topological polar surface area (TPSA) is 78.7 Å². The number of carbonyl (C=O) groups excluding carboxylic acids is 2. The first-order valence-electron chi connectivity index (χ1n) is 8.54. The van der Waals surface area contributed by atoms with E-state index < -0.39 is 5.91 Å². The monoisotopic (exact) mass is 406 g/mol. The third kappa shape index (κ3) is 5.13. The second kappa shape index (κ2) is 8.61. The van der Waals surface area contributed by atoms with Crippen LogP contribution in [-0.4, -0.2) is 49.4 Å². The van der Waals surface area contributed by atoms with E-state index in [4.69, 9.17) is 28.9 Å². The fourth-order valence-electron chi connectivity index (χ4n) is 2.98. The first-order valence-corrected chi connectivity index (χ1v) is 9.30. The van der Waals surface area contributed by atoms with Gasteiger partial charge in [-0.15, -0.1) is 0 Å². The summed E-state index contributed by atoms with van der Waals surface area (Å²) < 4.78 is 0. The second-order valence-electron chi connectivity index (χ2n) is 6.35. The average molecular weight is 407 g/mol. The lowest BCUT2D eigenvalue weighted by Crippen LogP contribution is -2.48. The lowest BCUT2D eigenvalue weighted by atomic mass is 10.1. The fraction of sp³-hybridized carbons (Fsp3) is 0.263. The van der Waals surface area contributed by atoms with Crippen molar-refractivity contribution in [3.05, 3.63) is 58.1 Å². The van der Waals surface area contributed by atoms with E-state index in [2.05, 4.69) is 15.1 Å². The van der Waals surface area contributed by atoms with Crippen molar-refractivity contribution in [1.29, 1.82) is 0 Å². The number of hydrogen-bond donors (Lipinski definition) is 2. The molecule has 6 nitrogen and oxygen atoms in total. The number of rotatable bonds is 5. The molecule has 0 unspecified atom stereocenters. The summed E-state index contributed by atoms with van der Waals surface area (Å²) in [7, 11) is 0. The molecule has 0 atom stereocenters. The van der Waals surface area contributed by atoms with Crippen LogP contribution in [0.15, 0.2) is 42.5 Å². The highest BCUT2D eigenvalue weighted by Crippen LogP contribution is 2.25. The molecule has 2 aromatic carbocycles. The molecule has 1 aliphatic rings. The first kappa shape index (κ1) is 19.5. The molecule has 0 radical (unpaired) electrons. The Kier molecular flexibility index (Phi) is 6.21. The van der Waals surface area contributed by atoms with Gasteiger partial charge in [-0.25, -0.2) is 0 Å². The normalized spacial score (nSPS) is 14.8. The number of benzene rings is 2. The van der Waals surface area contributed by atoms with E-state index in [1.165, 1.54) is 0 Å². The lowest BCUT2D eigenvalue weighted by Gasteiger charge is -2.35. The zero-order chi connectivity index (χ0) is 19.4. The molecule has 8 heteroatoms. The Hall–Kier alpha value is -2.28. The Balaban J connectivity index is 1.49. The first-order chi connectivity index (χ1) is 12.9. The summed E-state index contributed by atoms with van der Waals surface area (Å²) in [6.07, 6.45) is 0. The molecule has 1 heterocycles. The van der Waals surface area contributed by atoms with Crippen LogP contribution in [0.3, 0.4) is 0 Å². The van der Waals surface area contributed by atoms with Gasteiger partial charge in [-0.1, -0.05) is 23.2 Å². The number of nitrogens with one attached hydrogen (secondary N) is 1. The Morgan fingerprint density at radius 1 is 0.963 bits per heavy atom. The van der Waals surface area contributed by atoms with Gasteiger partial charge in [0.25, 0.3) is 0 Å². The van der Waals surface area contributed by atoms with Crippen molar-refractivity contribution in [2.75, 3.05) is 42.9 Å². The number of primary amides is 1. The number of piperazine rings is 1. The summed E-state index contributed by atoms with van der Waals surface area (Å²) in [5, 5.41) is 3.70. The number of amides is 2. The summed E-state index contributed by atoms with van der Waals surface area (Å²) in [5.41, 5.74) is 7.43. The molecule has 3 rings (SSSR count). The van der Waals surface area contributed by atoms with Crippen LogP contribution in [0.1, 0.15) is 10.4 Å². The van der Waals surface area contributed by atoms with Gasteiger partial charge in [-0.05, 0) is 42.5 Å². The molecule has 1 fully saturated rings. The average Bonchev–Trinajstić information content (AvgIpc) is 2.65. The lowest BCUT2D eigenvalue weighted by molar-refractivity contribution is -0.117. The van der Waals surface area contributed by atoms with Gasteiger partial charge in [0.1, 0.15) is 0 Å². The van der Waals surface area contributed by atoms with Crippen molar-refractivity contribution < 1.29 is 9.59 Å². The van der Waals surface area contributed by atoms with E-state index in [9.17, 15) is 9.59 Å². The van der Waals surface area contributed by atoms with Crippen LogP contribution in [-0.2, 0) is 4.79 Å². The zero-order valence-corrected chi connectivity index (χ0v) is 16.1. The highest BCUT2D eigenvalue weighted by Gasteiger charge is 2.19. The Bertz CT molecular complexity index is 834. The van der Waals surface area contributed by atoms with E-state index >= 15 is 0 Å². The predicted molar refractivity (Wildman–Crippen MR) is 109 cm³/mol. The van der Waals surface area contributed by atoms with Crippen molar-refractivity contribution in [3.8, 4) is 0 Å². The van der Waals surface area contributed by atoms with E-state index in [1.807, 2.05) is 12.1 Å². The van der Waals surface area contributed by atoms with Crippen LogP contribution in [0.2, 0.25) is 10.0 Å². The molecule has 0 aromatic heterocycles. The van der Waals surface area contributed by atoms with E-state index in [-0.39, 0.29) is 5.91 Å². The molecule has 0 bridgehead atoms. The van der Waals surface area contributed by atoms with Crippen LogP contribution in [0.4, 0.5) is 11.4 Å². The van der Waals surface area contributed by atoms with Gasteiger partial charge in [0.05, 0.1) is 16.6 Å². The Morgan fingerprint density at radius 2 is 1.63 bits per heavy atom. The SMILES string of the molecule is NC(=O)c1ccc(N2CCN(CC(=O)Nc3ccc(Cl)c(Cl)c3)CC2)cc1. The van der Waals surface area contributed by atoms with Crippen molar-refractivity contribution in [2.45, 2.75) is 0 Å². The number of halogens is 2. The van der Waals surface area contributed by atoms with Gasteiger partial charge in [0, 0.05) is 43.1 Å². The molecule has 1 aliphatic heterocycles. The maximum Gasteiger partial charge on any atom is 0.248 e. The van der Waals surface area contributed by atoms with Crippen LogP contribution < -0.4 is 16.0 Å². The number of anilines is 2. The molecule has 142 valence electrons. The summed E-state index contributed by atoms with van der Waals surface area (Å²) in [6.45, 7) is 3.46. The molecular weight excluding hydrogens is 387 g/mol. The minimum Gasteiger partial charge on any atom is -0.369 e. The summed E-state index contributed by atoms with van der Waals surface area (Å²) >= 11 is 11.8. The Morgan fingerprint density at radius 3 is 2.22 bits per heavy atom. The van der Waals surface area contributed by atoms with Crippen LogP contribution >= 0.6 is 23.2 Å². The van der Waals surface area contributed by atoms with Gasteiger partial charge < -0.3 is 16.0 Å². The minimum atomic E-state index is -0.431. The third-order valence-corrected chi connectivity index (χ3v) is 5.20. The fourth-order valence-corrected chi connectivity index (χ4v) is 3.28. The molecule has 2 aromatic rings. The molecular formula is C19H20Cl2N4O2. The summed E-state index contributed by atoms with van der Waals surface area (Å²) in [6, 6.07) is 12.3. The van der Waals surface area contributed by atoms with E-state index in [1.54, 1.807) is 30.3 Å². The maximum absolute atomic E-state index is 12.2. The van der Waals surface area contributed by atoms with Crippen molar-refractivity contribution in [1.82, 2.24) is 4.90 Å². The smallest absolute Gasteiger partial charge is 0.248 e. The predicted octanol–water partition coefficient (Wildman–Crippen LogP) is 2.85. The minimum absolute atomic E-state index is 0.0901. The largest absolute Gasteiger partial charge is 0.369 e. The molecule has 0 spiro atoms. The van der Waals surface area contributed by atoms with Gasteiger partial charge in [-0.2, -0.15) is 0 Å². The molecule has 2 amide bonds. The van der Waals surface area contributed by atoms with E-state index in [0.717, 1.165) is 31.9 Å². The number of nitrogens with two attached hydrogens (primary N) is 1. The number of hydrogen-bond acceptors (Lipinski definition) is 4. The quantitative estimate of drug-likeness (QED) is 0.799. The second-order valence-corrected chi connectivity index (χ2v) is 7.17.